The van der Waals surface area contributed by atoms with Gasteiger partial charge in [-0.3, -0.25) is 0 Å². The lowest BCUT2D eigenvalue weighted by molar-refractivity contribution is 0.0697. The lowest BCUT2D eigenvalue weighted by atomic mass is 10.0. The average Bonchev–Trinajstić information content (AvgIpc) is 2.77. The number of thioether (sulfide) groups is 1. The second-order valence-electron chi connectivity index (χ2n) is 6.21. The highest BCUT2D eigenvalue weighted by molar-refractivity contribution is 7.98. The first-order chi connectivity index (χ1) is 14.0. The predicted molar refractivity (Wildman–Crippen MR) is 114 cm³/mol. The van der Waals surface area contributed by atoms with Crippen LogP contribution in [0.1, 0.15) is 15.9 Å². The zero-order chi connectivity index (χ0) is 20.8. The SMILES string of the molecule is COc1cc(OC)c(CSc2cccc(-c3cccc(C(=O)O)c3)c2)c(OC)c1. The summed E-state index contributed by atoms with van der Waals surface area (Å²) in [5, 5.41) is 9.22. The molecule has 0 aliphatic rings. The van der Waals surface area contributed by atoms with Crippen LogP contribution in [0.5, 0.6) is 17.2 Å². The maximum absolute atomic E-state index is 11.2. The van der Waals surface area contributed by atoms with Gasteiger partial charge in [0, 0.05) is 28.3 Å². The van der Waals surface area contributed by atoms with Gasteiger partial charge in [0.2, 0.25) is 0 Å². The standard InChI is InChI=1S/C23H22O5S/c1-26-18-12-21(27-2)20(22(13-18)28-3)14-29-19-9-5-7-16(11-19)15-6-4-8-17(10-15)23(24)25/h4-13H,14H2,1-3H3,(H,24,25). The maximum atomic E-state index is 11.2. The van der Waals surface area contributed by atoms with Crippen LogP contribution in [0.3, 0.4) is 0 Å². The van der Waals surface area contributed by atoms with Crippen molar-refractivity contribution < 1.29 is 24.1 Å². The van der Waals surface area contributed by atoms with Crippen molar-refractivity contribution in [2.45, 2.75) is 10.6 Å². The molecular formula is C23H22O5S. The Balaban J connectivity index is 1.85. The first-order valence-corrected chi connectivity index (χ1v) is 9.89. The summed E-state index contributed by atoms with van der Waals surface area (Å²) in [6.45, 7) is 0. The van der Waals surface area contributed by atoms with E-state index in [4.69, 9.17) is 14.2 Å². The number of carbonyl (C=O) groups is 1. The second kappa shape index (κ2) is 9.39. The van der Waals surface area contributed by atoms with Crippen LogP contribution in [0, 0.1) is 0 Å². The number of carboxylic acid groups (broad SMARTS) is 1. The maximum Gasteiger partial charge on any atom is 0.335 e. The summed E-state index contributed by atoms with van der Waals surface area (Å²) in [5.41, 5.74) is 3.05. The smallest absolute Gasteiger partial charge is 0.335 e. The third kappa shape index (κ3) is 4.84. The van der Waals surface area contributed by atoms with Gasteiger partial charge in [0.15, 0.2) is 0 Å². The number of aromatic carboxylic acids is 1. The molecule has 1 N–H and O–H groups in total. The Kier molecular flexibility index (Phi) is 6.67. The van der Waals surface area contributed by atoms with Gasteiger partial charge in [-0.25, -0.2) is 4.79 Å². The fraction of sp³-hybridized carbons (Fsp3) is 0.174. The van der Waals surface area contributed by atoms with Crippen molar-refractivity contribution in [1.29, 1.82) is 0 Å². The van der Waals surface area contributed by atoms with Crippen molar-refractivity contribution >= 4 is 17.7 Å². The molecule has 0 saturated carbocycles. The molecule has 0 saturated heterocycles. The Morgan fingerprint density at radius 2 is 1.48 bits per heavy atom. The molecule has 3 aromatic carbocycles. The van der Waals surface area contributed by atoms with Crippen LogP contribution in [0.2, 0.25) is 0 Å². The van der Waals surface area contributed by atoms with E-state index in [1.165, 1.54) is 0 Å². The summed E-state index contributed by atoms with van der Waals surface area (Å²) in [6, 6.07) is 18.6. The summed E-state index contributed by atoms with van der Waals surface area (Å²) in [7, 11) is 4.85. The molecule has 150 valence electrons. The molecule has 3 aromatic rings. The van der Waals surface area contributed by atoms with Crippen LogP contribution in [-0.4, -0.2) is 32.4 Å². The van der Waals surface area contributed by atoms with Gasteiger partial charge in [0.05, 0.1) is 26.9 Å². The van der Waals surface area contributed by atoms with Crippen LogP contribution in [0.25, 0.3) is 11.1 Å². The number of benzene rings is 3. The highest BCUT2D eigenvalue weighted by atomic mass is 32.2. The largest absolute Gasteiger partial charge is 0.496 e. The van der Waals surface area contributed by atoms with E-state index in [9.17, 15) is 9.90 Å². The van der Waals surface area contributed by atoms with Crippen LogP contribution in [-0.2, 0) is 5.75 Å². The van der Waals surface area contributed by atoms with Crippen molar-refractivity contribution in [2.24, 2.45) is 0 Å². The number of methoxy groups -OCH3 is 3. The van der Waals surface area contributed by atoms with Crippen LogP contribution < -0.4 is 14.2 Å². The van der Waals surface area contributed by atoms with Crippen LogP contribution in [0.4, 0.5) is 0 Å². The molecule has 0 amide bonds. The van der Waals surface area contributed by atoms with Crippen LogP contribution >= 0.6 is 11.8 Å². The second-order valence-corrected chi connectivity index (χ2v) is 7.26. The predicted octanol–water partition coefficient (Wildman–Crippen LogP) is 5.37. The van der Waals surface area contributed by atoms with Gasteiger partial charge in [-0.05, 0) is 35.4 Å². The quantitative estimate of drug-likeness (QED) is 0.504. The molecule has 0 bridgehead atoms. The number of hydrogen-bond donors (Lipinski definition) is 1. The molecule has 0 aromatic heterocycles. The normalized spacial score (nSPS) is 10.4. The number of rotatable bonds is 8. The Bertz CT molecular complexity index is 991. The average molecular weight is 410 g/mol. The van der Waals surface area contributed by atoms with Crippen molar-refractivity contribution in [2.75, 3.05) is 21.3 Å². The highest BCUT2D eigenvalue weighted by Gasteiger charge is 2.14. The Morgan fingerprint density at radius 1 is 0.862 bits per heavy atom. The highest BCUT2D eigenvalue weighted by Crippen LogP contribution is 2.38. The van der Waals surface area contributed by atoms with Gasteiger partial charge in [-0.1, -0.05) is 24.3 Å². The monoisotopic (exact) mass is 410 g/mol. The molecular weight excluding hydrogens is 388 g/mol. The molecule has 29 heavy (non-hydrogen) atoms. The van der Waals surface area contributed by atoms with E-state index in [2.05, 4.69) is 0 Å². The van der Waals surface area contributed by atoms with Gasteiger partial charge in [0.1, 0.15) is 17.2 Å². The molecule has 0 unspecified atom stereocenters. The summed E-state index contributed by atoms with van der Waals surface area (Å²) < 4.78 is 16.3. The van der Waals surface area contributed by atoms with Crippen molar-refractivity contribution in [1.82, 2.24) is 0 Å². The minimum absolute atomic E-state index is 0.272. The van der Waals surface area contributed by atoms with E-state index in [1.807, 2.05) is 42.5 Å². The molecule has 5 nitrogen and oxygen atoms in total. The van der Waals surface area contributed by atoms with Gasteiger partial charge in [0.25, 0.3) is 0 Å². The Morgan fingerprint density at radius 3 is 2.07 bits per heavy atom. The summed E-state index contributed by atoms with van der Waals surface area (Å²) in [4.78, 5) is 12.3. The van der Waals surface area contributed by atoms with Crippen molar-refractivity contribution in [3.63, 3.8) is 0 Å². The molecule has 0 spiro atoms. The van der Waals surface area contributed by atoms with E-state index in [1.54, 1.807) is 51.3 Å². The van der Waals surface area contributed by atoms with E-state index in [-0.39, 0.29) is 5.56 Å². The van der Waals surface area contributed by atoms with E-state index < -0.39 is 5.97 Å². The third-order valence-corrected chi connectivity index (χ3v) is 5.50. The number of hydrogen-bond acceptors (Lipinski definition) is 5. The first kappa shape index (κ1) is 20.6. The molecule has 0 atom stereocenters. The zero-order valence-corrected chi connectivity index (χ0v) is 17.3. The molecule has 0 heterocycles. The molecule has 6 heteroatoms. The number of carboxylic acids is 1. The molecule has 0 aliphatic heterocycles. The Hall–Kier alpha value is -3.12. The molecule has 0 fully saturated rings. The van der Waals surface area contributed by atoms with Gasteiger partial charge in [-0.2, -0.15) is 0 Å². The van der Waals surface area contributed by atoms with Crippen molar-refractivity contribution in [3.05, 3.63) is 71.8 Å². The van der Waals surface area contributed by atoms with Crippen molar-refractivity contribution in [3.8, 4) is 28.4 Å². The fourth-order valence-corrected chi connectivity index (χ4v) is 3.95. The van der Waals surface area contributed by atoms with E-state index in [0.717, 1.165) is 21.6 Å². The van der Waals surface area contributed by atoms with Gasteiger partial charge >= 0.3 is 5.97 Å². The third-order valence-electron chi connectivity index (χ3n) is 4.48. The lowest BCUT2D eigenvalue weighted by Crippen LogP contribution is -1.97. The first-order valence-electron chi connectivity index (χ1n) is 8.91. The van der Waals surface area contributed by atoms with Gasteiger partial charge < -0.3 is 19.3 Å². The number of ether oxygens (including phenoxy) is 3. The summed E-state index contributed by atoms with van der Waals surface area (Å²) in [5.74, 6) is 1.80. The summed E-state index contributed by atoms with van der Waals surface area (Å²) in [6.07, 6.45) is 0. The minimum atomic E-state index is -0.934. The van der Waals surface area contributed by atoms with E-state index in [0.29, 0.717) is 23.0 Å². The van der Waals surface area contributed by atoms with Gasteiger partial charge in [-0.15, -0.1) is 11.8 Å². The van der Waals surface area contributed by atoms with Crippen LogP contribution in [0.15, 0.2) is 65.6 Å². The molecule has 3 rings (SSSR count). The minimum Gasteiger partial charge on any atom is -0.496 e. The lowest BCUT2D eigenvalue weighted by Gasteiger charge is -2.15. The van der Waals surface area contributed by atoms with E-state index >= 15 is 0 Å². The Labute approximate surface area is 174 Å². The zero-order valence-electron chi connectivity index (χ0n) is 16.5. The topological polar surface area (TPSA) is 65.0 Å². The molecule has 0 radical (unpaired) electrons. The summed E-state index contributed by atoms with van der Waals surface area (Å²) >= 11 is 1.65. The molecule has 0 aliphatic carbocycles. The fourth-order valence-electron chi connectivity index (χ4n) is 2.97.